The number of fused-ring (bicyclic) bond motifs is 1. The standard InChI is InChI=1S/C34H38N10O2/c1-23-27(10-11-29(37-23)30-20-35-22-41(30)3)28-18-24-19-36-34(38-25-6-8-26(9-7-25)42-16-14-40(2)15-17-42)39-32(24)44(33(28)46)21-31(45)43-12-4-5-13-43/h6-11,18-20,22H,4-5,12-17,21H2,1-3H3,(H,36,38,39). The molecule has 1 amide bonds. The van der Waals surface area contributed by atoms with Crippen molar-refractivity contribution in [1.29, 1.82) is 0 Å². The highest BCUT2D eigenvalue weighted by molar-refractivity contribution is 5.85. The smallest absolute Gasteiger partial charge is 0.260 e. The van der Waals surface area contributed by atoms with Crippen molar-refractivity contribution in [2.45, 2.75) is 26.3 Å². The van der Waals surface area contributed by atoms with E-state index in [4.69, 9.17) is 9.97 Å². The summed E-state index contributed by atoms with van der Waals surface area (Å²) in [7, 11) is 4.07. The van der Waals surface area contributed by atoms with Gasteiger partial charge >= 0.3 is 0 Å². The van der Waals surface area contributed by atoms with Crippen molar-refractivity contribution in [2.24, 2.45) is 7.05 Å². The molecule has 2 aliphatic heterocycles. The predicted octanol–water partition coefficient (Wildman–Crippen LogP) is 3.68. The van der Waals surface area contributed by atoms with Crippen LogP contribution in [0.2, 0.25) is 0 Å². The highest BCUT2D eigenvalue weighted by Gasteiger charge is 2.23. The Morgan fingerprint density at radius 2 is 1.65 bits per heavy atom. The molecule has 2 aliphatic rings. The lowest BCUT2D eigenvalue weighted by Gasteiger charge is -2.34. The zero-order valence-electron chi connectivity index (χ0n) is 26.5. The quantitative estimate of drug-likeness (QED) is 0.292. The average molecular weight is 619 g/mol. The van der Waals surface area contributed by atoms with Crippen molar-refractivity contribution in [1.82, 2.24) is 38.9 Å². The van der Waals surface area contributed by atoms with Crippen LogP contribution in [0.25, 0.3) is 33.5 Å². The number of anilines is 3. The second-order valence-corrected chi connectivity index (χ2v) is 12.2. The van der Waals surface area contributed by atoms with E-state index in [1.807, 2.05) is 47.7 Å². The Balaban J connectivity index is 1.23. The van der Waals surface area contributed by atoms with Crippen LogP contribution >= 0.6 is 0 Å². The normalized spacial score (nSPS) is 15.5. The molecule has 12 heteroatoms. The molecule has 1 N–H and O–H groups in total. The molecule has 2 fully saturated rings. The number of piperazine rings is 1. The van der Waals surface area contributed by atoms with E-state index < -0.39 is 0 Å². The fourth-order valence-corrected chi connectivity index (χ4v) is 6.30. The van der Waals surface area contributed by atoms with Gasteiger partial charge in [0.2, 0.25) is 11.9 Å². The molecule has 0 bridgehead atoms. The molecule has 0 saturated carbocycles. The summed E-state index contributed by atoms with van der Waals surface area (Å²) < 4.78 is 3.39. The first-order valence-electron chi connectivity index (χ1n) is 15.8. The molecule has 12 nitrogen and oxygen atoms in total. The van der Waals surface area contributed by atoms with E-state index in [1.54, 1.807) is 24.8 Å². The Morgan fingerprint density at radius 1 is 0.891 bits per heavy atom. The maximum absolute atomic E-state index is 14.2. The molecular weight excluding hydrogens is 580 g/mol. The van der Waals surface area contributed by atoms with Gasteiger partial charge in [-0.1, -0.05) is 6.07 Å². The topological polar surface area (TPSA) is 117 Å². The third-order valence-corrected chi connectivity index (χ3v) is 9.03. The maximum Gasteiger partial charge on any atom is 0.260 e. The molecule has 4 aromatic heterocycles. The summed E-state index contributed by atoms with van der Waals surface area (Å²) in [6.45, 7) is 7.28. The number of benzene rings is 1. The van der Waals surface area contributed by atoms with E-state index in [9.17, 15) is 9.59 Å². The van der Waals surface area contributed by atoms with Gasteiger partial charge in [-0.2, -0.15) is 4.98 Å². The molecule has 46 heavy (non-hydrogen) atoms. The summed E-state index contributed by atoms with van der Waals surface area (Å²) in [5, 5.41) is 3.95. The Kier molecular flexibility index (Phi) is 7.95. The first kappa shape index (κ1) is 29.6. The lowest BCUT2D eigenvalue weighted by Crippen LogP contribution is -2.44. The van der Waals surface area contributed by atoms with Crippen LogP contribution < -0.4 is 15.8 Å². The first-order chi connectivity index (χ1) is 22.3. The van der Waals surface area contributed by atoms with Crippen molar-refractivity contribution in [3.8, 4) is 22.5 Å². The van der Waals surface area contributed by atoms with Crippen LogP contribution in [0.15, 0.2) is 66.0 Å². The van der Waals surface area contributed by atoms with Gasteiger partial charge in [0.1, 0.15) is 12.2 Å². The van der Waals surface area contributed by atoms with Gasteiger partial charge in [0.05, 0.1) is 23.9 Å². The van der Waals surface area contributed by atoms with Crippen LogP contribution in [0, 0.1) is 6.92 Å². The molecule has 7 rings (SSSR count). The summed E-state index contributed by atoms with van der Waals surface area (Å²) in [5.74, 6) is 0.264. The van der Waals surface area contributed by atoms with Gasteiger partial charge in [0, 0.05) is 86.1 Å². The van der Waals surface area contributed by atoms with Gasteiger partial charge in [0.15, 0.2) is 0 Å². The molecular formula is C34H38N10O2. The van der Waals surface area contributed by atoms with E-state index in [2.05, 4.69) is 44.3 Å². The SMILES string of the molecule is Cc1nc(-c2cncn2C)ccc1-c1cc2cnc(Nc3ccc(N4CCN(C)CC4)cc3)nc2n(CC(=O)N2CCCC2)c1=O. The Hall–Kier alpha value is -5.10. The molecule has 5 aromatic rings. The molecule has 0 atom stereocenters. The minimum absolute atomic E-state index is 0.0907. The zero-order valence-corrected chi connectivity index (χ0v) is 26.5. The highest BCUT2D eigenvalue weighted by atomic mass is 16.2. The second kappa shape index (κ2) is 12.4. The number of nitrogens with one attached hydrogen (secondary N) is 1. The summed E-state index contributed by atoms with van der Waals surface area (Å²) in [5.41, 5.74) is 5.63. The number of pyridine rings is 2. The minimum atomic E-state index is -0.292. The molecule has 0 spiro atoms. The van der Waals surface area contributed by atoms with Crippen LogP contribution in [0.1, 0.15) is 18.5 Å². The van der Waals surface area contributed by atoms with Crippen molar-refractivity contribution < 1.29 is 4.79 Å². The summed E-state index contributed by atoms with van der Waals surface area (Å²) in [6.07, 6.45) is 7.14. The third kappa shape index (κ3) is 5.83. The zero-order chi connectivity index (χ0) is 31.8. The van der Waals surface area contributed by atoms with Crippen molar-refractivity contribution in [3.05, 3.63) is 77.2 Å². The predicted molar refractivity (Wildman–Crippen MR) is 179 cm³/mol. The fraction of sp³-hybridized carbons (Fsp3) is 0.353. The van der Waals surface area contributed by atoms with E-state index in [1.165, 1.54) is 10.3 Å². The van der Waals surface area contributed by atoms with E-state index in [0.29, 0.717) is 46.9 Å². The monoisotopic (exact) mass is 618 g/mol. The molecule has 236 valence electrons. The molecule has 6 heterocycles. The molecule has 1 aromatic carbocycles. The van der Waals surface area contributed by atoms with E-state index in [0.717, 1.165) is 56.1 Å². The number of hydrogen-bond donors (Lipinski definition) is 1. The van der Waals surface area contributed by atoms with Gasteiger partial charge in [-0.15, -0.1) is 0 Å². The lowest BCUT2D eigenvalue weighted by molar-refractivity contribution is -0.130. The van der Waals surface area contributed by atoms with Crippen LogP contribution in [0.5, 0.6) is 0 Å². The van der Waals surface area contributed by atoms with Crippen molar-refractivity contribution in [3.63, 3.8) is 0 Å². The summed E-state index contributed by atoms with van der Waals surface area (Å²) in [6, 6.07) is 13.8. The largest absolute Gasteiger partial charge is 0.369 e. The number of hydrogen-bond acceptors (Lipinski definition) is 9. The molecule has 2 saturated heterocycles. The van der Waals surface area contributed by atoms with Gasteiger partial charge < -0.3 is 24.6 Å². The summed E-state index contributed by atoms with van der Waals surface area (Å²) >= 11 is 0. The number of likely N-dealkylation sites (N-methyl/N-ethyl adjacent to an activating group) is 1. The Morgan fingerprint density at radius 3 is 2.35 bits per heavy atom. The van der Waals surface area contributed by atoms with Crippen LogP contribution in [0.4, 0.5) is 17.3 Å². The van der Waals surface area contributed by atoms with E-state index in [-0.39, 0.29) is 18.0 Å². The third-order valence-electron chi connectivity index (χ3n) is 9.03. The van der Waals surface area contributed by atoms with Gasteiger partial charge in [-0.05, 0) is 63.2 Å². The van der Waals surface area contributed by atoms with Crippen molar-refractivity contribution >= 4 is 34.3 Å². The lowest BCUT2D eigenvalue weighted by atomic mass is 10.0. The van der Waals surface area contributed by atoms with Crippen molar-refractivity contribution in [2.75, 3.05) is 56.5 Å². The number of carbonyl (C=O) groups excluding carboxylic acids is 1. The number of aryl methyl sites for hydroxylation is 2. The highest BCUT2D eigenvalue weighted by Crippen LogP contribution is 2.27. The minimum Gasteiger partial charge on any atom is -0.369 e. The Labute approximate surface area is 267 Å². The summed E-state index contributed by atoms with van der Waals surface area (Å²) in [4.78, 5) is 52.5. The number of imidazole rings is 1. The molecule has 0 unspecified atom stereocenters. The number of carbonyl (C=O) groups is 1. The van der Waals surface area contributed by atoms with Crippen LogP contribution in [0.3, 0.4) is 0 Å². The van der Waals surface area contributed by atoms with E-state index >= 15 is 0 Å². The molecule has 0 radical (unpaired) electrons. The Bertz CT molecular complexity index is 1950. The molecule has 0 aliphatic carbocycles. The van der Waals surface area contributed by atoms with Gasteiger partial charge in [-0.3, -0.25) is 19.1 Å². The second-order valence-electron chi connectivity index (χ2n) is 12.2. The number of rotatable bonds is 7. The fourth-order valence-electron chi connectivity index (χ4n) is 6.30. The number of aromatic nitrogens is 6. The van der Waals surface area contributed by atoms with Crippen LogP contribution in [-0.4, -0.2) is 91.1 Å². The number of likely N-dealkylation sites (tertiary alicyclic amines) is 1. The van der Waals surface area contributed by atoms with Gasteiger partial charge in [-0.25, -0.2) is 9.97 Å². The first-order valence-corrected chi connectivity index (χ1v) is 15.8. The number of nitrogens with zero attached hydrogens (tertiary/aromatic N) is 9. The maximum atomic E-state index is 14.2. The average Bonchev–Trinajstić information content (AvgIpc) is 3.76. The van der Waals surface area contributed by atoms with Crippen LogP contribution in [-0.2, 0) is 18.4 Å². The van der Waals surface area contributed by atoms with Gasteiger partial charge in [0.25, 0.3) is 5.56 Å². The number of amides is 1.